The summed E-state index contributed by atoms with van der Waals surface area (Å²) >= 11 is 0. The first kappa shape index (κ1) is 31.6. The molecular formula is C26H41N5O6. The predicted molar refractivity (Wildman–Crippen MR) is 139 cm³/mol. The highest BCUT2D eigenvalue weighted by molar-refractivity contribution is 5.94. The van der Waals surface area contributed by atoms with Crippen molar-refractivity contribution in [2.24, 2.45) is 23.3 Å². The molecular weight excluding hydrogens is 478 g/mol. The molecule has 0 heterocycles. The third-order valence-corrected chi connectivity index (χ3v) is 6.06. The second-order valence-electron chi connectivity index (χ2n) is 9.76. The van der Waals surface area contributed by atoms with Crippen LogP contribution in [-0.2, 0) is 30.4 Å². The Balaban J connectivity index is 2.98. The van der Waals surface area contributed by atoms with Crippen molar-refractivity contribution in [3.63, 3.8) is 0 Å². The molecule has 11 heteroatoms. The molecule has 1 rings (SSSR count). The minimum atomic E-state index is -1.34. The molecule has 5 atom stereocenters. The molecule has 4 amide bonds. The third kappa shape index (κ3) is 11.4. The lowest BCUT2D eigenvalue weighted by Crippen LogP contribution is -2.59. The monoisotopic (exact) mass is 519 g/mol. The van der Waals surface area contributed by atoms with Crippen molar-refractivity contribution in [2.45, 2.75) is 84.0 Å². The average molecular weight is 520 g/mol. The summed E-state index contributed by atoms with van der Waals surface area (Å²) in [5.74, 6) is -4.05. The van der Waals surface area contributed by atoms with Crippen LogP contribution in [0.3, 0.4) is 0 Å². The van der Waals surface area contributed by atoms with Crippen LogP contribution < -0.4 is 27.4 Å². The highest BCUT2D eigenvalue weighted by atomic mass is 16.4. The molecule has 8 N–H and O–H groups in total. The molecule has 0 fully saturated rings. The first-order valence-electron chi connectivity index (χ1n) is 12.6. The van der Waals surface area contributed by atoms with Crippen LogP contribution >= 0.6 is 0 Å². The number of primary amides is 1. The highest BCUT2D eigenvalue weighted by Gasteiger charge is 2.32. The number of nitrogens with two attached hydrogens (primary N) is 2. The first-order valence-corrected chi connectivity index (χ1v) is 12.6. The van der Waals surface area contributed by atoms with Crippen LogP contribution in [0.2, 0.25) is 0 Å². The maximum absolute atomic E-state index is 13.3. The molecule has 1 aromatic rings. The Morgan fingerprint density at radius 1 is 0.892 bits per heavy atom. The fourth-order valence-corrected chi connectivity index (χ4v) is 3.70. The zero-order valence-corrected chi connectivity index (χ0v) is 22.0. The van der Waals surface area contributed by atoms with Crippen molar-refractivity contribution in [2.75, 3.05) is 0 Å². The fraction of sp³-hybridized carbons (Fsp3) is 0.577. The van der Waals surface area contributed by atoms with Gasteiger partial charge in [-0.3, -0.25) is 19.2 Å². The lowest BCUT2D eigenvalue weighted by Gasteiger charge is -2.28. The van der Waals surface area contributed by atoms with Crippen molar-refractivity contribution in [1.82, 2.24) is 16.0 Å². The number of benzene rings is 1. The lowest BCUT2D eigenvalue weighted by atomic mass is 9.96. The van der Waals surface area contributed by atoms with Gasteiger partial charge in [0, 0.05) is 6.42 Å². The van der Waals surface area contributed by atoms with Crippen molar-refractivity contribution in [3.8, 4) is 0 Å². The van der Waals surface area contributed by atoms with Gasteiger partial charge in [-0.25, -0.2) is 4.79 Å². The molecule has 206 valence electrons. The van der Waals surface area contributed by atoms with Crippen LogP contribution in [0.25, 0.3) is 0 Å². The van der Waals surface area contributed by atoms with Crippen LogP contribution in [-0.4, -0.2) is 58.9 Å². The zero-order chi connectivity index (χ0) is 28.1. The quantitative estimate of drug-likeness (QED) is 0.182. The minimum absolute atomic E-state index is 0.0131. The van der Waals surface area contributed by atoms with E-state index >= 15 is 0 Å². The van der Waals surface area contributed by atoms with Gasteiger partial charge in [-0.2, -0.15) is 0 Å². The summed E-state index contributed by atoms with van der Waals surface area (Å²) in [6, 6.07) is 5.04. The van der Waals surface area contributed by atoms with E-state index in [1.807, 2.05) is 51.1 Å². The molecule has 0 aliphatic heterocycles. The number of hydrogen-bond acceptors (Lipinski definition) is 6. The molecule has 0 saturated heterocycles. The Kier molecular flexibility index (Phi) is 13.3. The number of carboxylic acid groups (broad SMARTS) is 1. The summed E-state index contributed by atoms with van der Waals surface area (Å²) in [4.78, 5) is 61.7. The SMILES string of the molecule is CCC(C)C(NC(=O)C(N)Cc1ccccc1)C(=O)NC(CC(C)C)C(=O)NC(CCC(N)=O)C(=O)O. The van der Waals surface area contributed by atoms with E-state index in [2.05, 4.69) is 16.0 Å². The van der Waals surface area contributed by atoms with Crippen LogP contribution in [0.4, 0.5) is 0 Å². The van der Waals surface area contributed by atoms with Gasteiger partial charge in [-0.15, -0.1) is 0 Å². The van der Waals surface area contributed by atoms with Crippen molar-refractivity contribution >= 4 is 29.6 Å². The molecule has 0 bridgehead atoms. The maximum Gasteiger partial charge on any atom is 0.326 e. The van der Waals surface area contributed by atoms with Gasteiger partial charge in [0.25, 0.3) is 0 Å². The van der Waals surface area contributed by atoms with E-state index < -0.39 is 53.8 Å². The molecule has 11 nitrogen and oxygen atoms in total. The maximum atomic E-state index is 13.3. The van der Waals surface area contributed by atoms with Gasteiger partial charge in [0.05, 0.1) is 6.04 Å². The molecule has 37 heavy (non-hydrogen) atoms. The van der Waals surface area contributed by atoms with Gasteiger partial charge in [0.2, 0.25) is 23.6 Å². The van der Waals surface area contributed by atoms with Crippen LogP contribution in [0, 0.1) is 11.8 Å². The van der Waals surface area contributed by atoms with E-state index in [0.29, 0.717) is 12.8 Å². The number of carbonyl (C=O) groups is 5. The second-order valence-corrected chi connectivity index (χ2v) is 9.76. The summed E-state index contributed by atoms with van der Waals surface area (Å²) in [6.07, 6.45) is 0.700. The summed E-state index contributed by atoms with van der Waals surface area (Å²) in [5.41, 5.74) is 12.1. The Bertz CT molecular complexity index is 923. The van der Waals surface area contributed by atoms with Gasteiger partial charge >= 0.3 is 5.97 Å². The van der Waals surface area contributed by atoms with Crippen LogP contribution in [0.1, 0.15) is 58.9 Å². The van der Waals surface area contributed by atoms with E-state index in [1.54, 1.807) is 6.92 Å². The molecule has 5 unspecified atom stereocenters. The summed E-state index contributed by atoms with van der Waals surface area (Å²) in [7, 11) is 0. The third-order valence-electron chi connectivity index (χ3n) is 6.06. The normalized spacial score (nSPS) is 15.1. The largest absolute Gasteiger partial charge is 0.480 e. The number of hydrogen-bond donors (Lipinski definition) is 6. The molecule has 0 aliphatic rings. The van der Waals surface area contributed by atoms with Gasteiger partial charge in [0.15, 0.2) is 0 Å². The van der Waals surface area contributed by atoms with Crippen LogP contribution in [0.15, 0.2) is 30.3 Å². The smallest absolute Gasteiger partial charge is 0.326 e. The van der Waals surface area contributed by atoms with E-state index in [0.717, 1.165) is 5.56 Å². The minimum Gasteiger partial charge on any atom is -0.480 e. The fourth-order valence-electron chi connectivity index (χ4n) is 3.70. The van der Waals surface area contributed by atoms with Crippen LogP contribution in [0.5, 0.6) is 0 Å². The number of carboxylic acids is 1. The molecule has 1 aromatic carbocycles. The van der Waals surface area contributed by atoms with Gasteiger partial charge in [-0.1, -0.05) is 64.4 Å². The number of aliphatic carboxylic acids is 1. The number of amides is 4. The average Bonchev–Trinajstić information content (AvgIpc) is 2.83. The zero-order valence-electron chi connectivity index (χ0n) is 22.0. The van der Waals surface area contributed by atoms with E-state index in [4.69, 9.17) is 11.5 Å². The highest BCUT2D eigenvalue weighted by Crippen LogP contribution is 2.12. The summed E-state index contributed by atoms with van der Waals surface area (Å²) in [6.45, 7) is 7.38. The van der Waals surface area contributed by atoms with E-state index in [-0.39, 0.29) is 31.1 Å². The molecule has 0 saturated carbocycles. The van der Waals surface area contributed by atoms with Crippen molar-refractivity contribution in [1.29, 1.82) is 0 Å². The van der Waals surface area contributed by atoms with Gasteiger partial charge < -0.3 is 32.5 Å². The Labute approximate surface area is 218 Å². The standard InChI is InChI=1S/C26H41N5O6/c1-5-16(4)22(31-23(33)18(27)14-17-9-7-6-8-10-17)25(35)30-20(13-15(2)3)24(34)29-19(26(36)37)11-12-21(28)32/h6-10,15-16,18-20,22H,5,11-14,27H2,1-4H3,(H2,28,32)(H,29,34)(H,30,35)(H,31,33)(H,36,37). The van der Waals surface area contributed by atoms with E-state index in [1.165, 1.54) is 0 Å². The molecule has 0 aliphatic carbocycles. The Morgan fingerprint density at radius 3 is 2.00 bits per heavy atom. The number of nitrogens with one attached hydrogen (secondary N) is 3. The summed E-state index contributed by atoms with van der Waals surface area (Å²) in [5, 5.41) is 17.2. The topological polar surface area (TPSA) is 194 Å². The number of rotatable bonds is 16. The van der Waals surface area contributed by atoms with Crippen molar-refractivity contribution in [3.05, 3.63) is 35.9 Å². The Hall–Kier alpha value is -3.47. The molecule has 0 spiro atoms. The predicted octanol–water partition coefficient (Wildman–Crippen LogP) is 0.453. The Morgan fingerprint density at radius 2 is 1.49 bits per heavy atom. The summed E-state index contributed by atoms with van der Waals surface area (Å²) < 4.78 is 0. The second kappa shape index (κ2) is 15.6. The van der Waals surface area contributed by atoms with Crippen molar-refractivity contribution < 1.29 is 29.1 Å². The lowest BCUT2D eigenvalue weighted by molar-refractivity contribution is -0.142. The van der Waals surface area contributed by atoms with E-state index in [9.17, 15) is 29.1 Å². The molecule has 0 radical (unpaired) electrons. The van der Waals surface area contributed by atoms with Gasteiger partial charge in [0.1, 0.15) is 18.1 Å². The first-order chi connectivity index (χ1) is 17.3. The molecule has 0 aromatic heterocycles. The van der Waals surface area contributed by atoms with Gasteiger partial charge in [-0.05, 0) is 36.7 Å². The number of carbonyl (C=O) groups excluding carboxylic acids is 4.